The molecule has 0 bridgehead atoms. The van der Waals surface area contributed by atoms with Gasteiger partial charge in [0.2, 0.25) is 10.0 Å². The van der Waals surface area contributed by atoms with Crippen LogP contribution in [0.3, 0.4) is 0 Å². The number of thiophene rings is 1. The molecule has 1 rings (SSSR count). The number of rotatable bonds is 3. The minimum absolute atomic E-state index is 0.114. The fourth-order valence-electron chi connectivity index (χ4n) is 0.820. The Bertz CT molecular complexity index is 436. The fraction of sp³-hybridized carbons (Fsp3) is 0.286. The summed E-state index contributed by atoms with van der Waals surface area (Å²) in [4.78, 5) is 11.6. The summed E-state index contributed by atoms with van der Waals surface area (Å²) in [7, 11) is -0.618. The van der Waals surface area contributed by atoms with Gasteiger partial charge in [0.15, 0.2) is 0 Å². The first-order valence-electron chi connectivity index (χ1n) is 3.75. The SMILES string of the molecule is CNC(=O)c1cc(S(=O)(=O)NC)cs1. The zero-order chi connectivity index (χ0) is 10.8. The summed E-state index contributed by atoms with van der Waals surface area (Å²) >= 11 is 1.09. The summed E-state index contributed by atoms with van der Waals surface area (Å²) < 4.78 is 24.8. The van der Waals surface area contributed by atoms with Crippen molar-refractivity contribution in [2.45, 2.75) is 4.90 Å². The molecule has 0 unspecified atom stereocenters. The first-order chi connectivity index (χ1) is 6.51. The van der Waals surface area contributed by atoms with Gasteiger partial charge in [-0.15, -0.1) is 11.3 Å². The Morgan fingerprint density at radius 2 is 2.07 bits per heavy atom. The van der Waals surface area contributed by atoms with E-state index in [4.69, 9.17) is 0 Å². The maximum atomic E-state index is 11.3. The van der Waals surface area contributed by atoms with Gasteiger partial charge in [-0.3, -0.25) is 4.79 Å². The Morgan fingerprint density at radius 1 is 1.43 bits per heavy atom. The number of carbonyl (C=O) groups excluding carboxylic acids is 1. The lowest BCUT2D eigenvalue weighted by Gasteiger charge is -1.96. The first-order valence-corrected chi connectivity index (χ1v) is 6.11. The molecule has 7 heteroatoms. The Balaban J connectivity index is 3.06. The van der Waals surface area contributed by atoms with Gasteiger partial charge in [-0.05, 0) is 13.1 Å². The van der Waals surface area contributed by atoms with Crippen LogP contribution < -0.4 is 10.0 Å². The number of hydrogen-bond donors (Lipinski definition) is 2. The number of hydrogen-bond acceptors (Lipinski definition) is 4. The molecule has 0 radical (unpaired) electrons. The highest BCUT2D eigenvalue weighted by atomic mass is 32.2. The van der Waals surface area contributed by atoms with Crippen molar-refractivity contribution in [1.82, 2.24) is 10.0 Å². The zero-order valence-electron chi connectivity index (χ0n) is 7.70. The quantitative estimate of drug-likeness (QED) is 0.774. The molecule has 78 valence electrons. The second-order valence-corrected chi connectivity index (χ2v) is 5.23. The van der Waals surface area contributed by atoms with Crippen molar-refractivity contribution in [3.63, 3.8) is 0 Å². The Kier molecular flexibility index (Phi) is 3.25. The van der Waals surface area contributed by atoms with E-state index in [-0.39, 0.29) is 10.8 Å². The van der Waals surface area contributed by atoms with Crippen LogP contribution >= 0.6 is 11.3 Å². The molecule has 1 amide bonds. The first kappa shape index (κ1) is 11.2. The average molecular weight is 234 g/mol. The van der Waals surface area contributed by atoms with Crippen molar-refractivity contribution >= 4 is 27.3 Å². The van der Waals surface area contributed by atoms with E-state index in [1.54, 1.807) is 0 Å². The zero-order valence-corrected chi connectivity index (χ0v) is 9.33. The van der Waals surface area contributed by atoms with Gasteiger partial charge in [0.1, 0.15) is 0 Å². The predicted octanol–water partition coefficient (Wildman–Crippen LogP) is 0.0158. The number of nitrogens with one attached hydrogen (secondary N) is 2. The highest BCUT2D eigenvalue weighted by Gasteiger charge is 2.15. The summed E-state index contributed by atoms with van der Waals surface area (Å²) in [6.45, 7) is 0. The topological polar surface area (TPSA) is 75.3 Å². The van der Waals surface area contributed by atoms with E-state index in [1.165, 1.54) is 25.5 Å². The molecule has 0 aliphatic rings. The Labute approximate surface area is 86.2 Å². The molecular formula is C7H10N2O3S2. The van der Waals surface area contributed by atoms with Gasteiger partial charge in [0.25, 0.3) is 5.91 Å². The molecule has 0 aromatic carbocycles. The molecule has 2 N–H and O–H groups in total. The van der Waals surface area contributed by atoms with Crippen molar-refractivity contribution < 1.29 is 13.2 Å². The van der Waals surface area contributed by atoms with Crippen LogP contribution in [0.4, 0.5) is 0 Å². The molecular weight excluding hydrogens is 224 g/mol. The predicted molar refractivity (Wildman–Crippen MR) is 54.0 cm³/mol. The van der Waals surface area contributed by atoms with Crippen molar-refractivity contribution in [2.75, 3.05) is 14.1 Å². The van der Waals surface area contributed by atoms with Gasteiger partial charge in [-0.1, -0.05) is 0 Å². The van der Waals surface area contributed by atoms with Gasteiger partial charge < -0.3 is 5.32 Å². The molecule has 1 heterocycles. The smallest absolute Gasteiger partial charge is 0.261 e. The molecule has 1 aromatic heterocycles. The Morgan fingerprint density at radius 3 is 2.57 bits per heavy atom. The summed E-state index contributed by atoms with van der Waals surface area (Å²) in [6.07, 6.45) is 0. The maximum absolute atomic E-state index is 11.3. The lowest BCUT2D eigenvalue weighted by Crippen LogP contribution is -2.18. The van der Waals surface area contributed by atoms with Gasteiger partial charge in [-0.2, -0.15) is 0 Å². The van der Waals surface area contributed by atoms with E-state index in [0.717, 1.165) is 11.3 Å². The van der Waals surface area contributed by atoms with Crippen LogP contribution in [0.5, 0.6) is 0 Å². The van der Waals surface area contributed by atoms with E-state index in [2.05, 4.69) is 10.0 Å². The Hall–Kier alpha value is -0.920. The third-order valence-corrected chi connectivity index (χ3v) is 4.08. The van der Waals surface area contributed by atoms with E-state index < -0.39 is 10.0 Å². The van der Waals surface area contributed by atoms with Gasteiger partial charge in [0.05, 0.1) is 9.77 Å². The van der Waals surface area contributed by atoms with Crippen LogP contribution in [0.1, 0.15) is 9.67 Å². The lowest BCUT2D eigenvalue weighted by atomic mass is 10.4. The van der Waals surface area contributed by atoms with Crippen molar-refractivity contribution in [2.24, 2.45) is 0 Å². The largest absolute Gasteiger partial charge is 0.354 e. The second-order valence-electron chi connectivity index (χ2n) is 2.43. The minimum atomic E-state index is -3.44. The third kappa shape index (κ3) is 2.11. The summed E-state index contributed by atoms with van der Waals surface area (Å²) in [6, 6.07) is 1.34. The lowest BCUT2D eigenvalue weighted by molar-refractivity contribution is 0.0967. The molecule has 0 saturated heterocycles. The van der Waals surface area contributed by atoms with Crippen LogP contribution in [0.15, 0.2) is 16.3 Å². The van der Waals surface area contributed by atoms with E-state index in [9.17, 15) is 13.2 Å². The van der Waals surface area contributed by atoms with Crippen LogP contribution in [-0.4, -0.2) is 28.4 Å². The standard InChI is InChI=1S/C7H10N2O3S2/c1-8-7(10)6-3-5(4-13-6)14(11,12)9-2/h3-4,9H,1-2H3,(H,8,10). The van der Waals surface area contributed by atoms with Crippen LogP contribution in [0, 0.1) is 0 Å². The summed E-state index contributed by atoms with van der Waals surface area (Å²) in [5.41, 5.74) is 0. The van der Waals surface area contributed by atoms with Crippen molar-refractivity contribution in [3.8, 4) is 0 Å². The maximum Gasteiger partial charge on any atom is 0.261 e. The van der Waals surface area contributed by atoms with Crippen molar-refractivity contribution in [3.05, 3.63) is 16.3 Å². The molecule has 0 aliphatic heterocycles. The average Bonchev–Trinajstić information content (AvgIpc) is 2.66. The monoisotopic (exact) mass is 234 g/mol. The molecule has 0 saturated carbocycles. The molecule has 0 atom stereocenters. The highest BCUT2D eigenvalue weighted by molar-refractivity contribution is 7.89. The van der Waals surface area contributed by atoms with Crippen LogP contribution in [0.2, 0.25) is 0 Å². The fourth-order valence-corrected chi connectivity index (χ4v) is 2.77. The minimum Gasteiger partial charge on any atom is -0.354 e. The van der Waals surface area contributed by atoms with Gasteiger partial charge in [0, 0.05) is 12.4 Å². The molecule has 5 nitrogen and oxygen atoms in total. The summed E-state index contributed by atoms with van der Waals surface area (Å²) in [5.74, 6) is -0.285. The molecule has 0 aliphatic carbocycles. The van der Waals surface area contributed by atoms with E-state index in [0.29, 0.717) is 4.88 Å². The number of sulfonamides is 1. The highest BCUT2D eigenvalue weighted by Crippen LogP contribution is 2.18. The van der Waals surface area contributed by atoms with Gasteiger partial charge >= 0.3 is 0 Å². The molecule has 1 aromatic rings. The number of carbonyl (C=O) groups is 1. The normalized spacial score (nSPS) is 11.3. The van der Waals surface area contributed by atoms with E-state index in [1.807, 2.05) is 0 Å². The van der Waals surface area contributed by atoms with Crippen molar-refractivity contribution in [1.29, 1.82) is 0 Å². The van der Waals surface area contributed by atoms with Crippen LogP contribution in [-0.2, 0) is 10.0 Å². The third-order valence-electron chi connectivity index (χ3n) is 1.61. The number of amides is 1. The summed E-state index contributed by atoms with van der Waals surface area (Å²) in [5, 5.41) is 3.85. The van der Waals surface area contributed by atoms with Crippen LogP contribution in [0.25, 0.3) is 0 Å². The molecule has 14 heavy (non-hydrogen) atoms. The van der Waals surface area contributed by atoms with E-state index >= 15 is 0 Å². The van der Waals surface area contributed by atoms with Gasteiger partial charge in [-0.25, -0.2) is 13.1 Å². The second kappa shape index (κ2) is 4.07. The molecule has 0 fully saturated rings. The molecule has 0 spiro atoms.